The Morgan fingerprint density at radius 1 is 1.27 bits per heavy atom. The Labute approximate surface area is 92.2 Å². The summed E-state index contributed by atoms with van der Waals surface area (Å²) in [6, 6.07) is 1.88. The van der Waals surface area contributed by atoms with Crippen LogP contribution in [0.4, 0.5) is 13.2 Å². The summed E-state index contributed by atoms with van der Waals surface area (Å²) in [5.41, 5.74) is 0. The summed E-state index contributed by atoms with van der Waals surface area (Å²) < 4.78 is 45.9. The molecule has 2 nitrogen and oxygen atoms in total. The zero-order valence-electron chi connectivity index (χ0n) is 9.49. The van der Waals surface area contributed by atoms with Crippen LogP contribution in [0, 0.1) is 0 Å². The van der Waals surface area contributed by atoms with Gasteiger partial charge in [-0.3, -0.25) is 0 Å². The number of rotatable bonds is 7. The van der Waals surface area contributed by atoms with Crippen molar-refractivity contribution in [1.82, 2.24) is 0 Å². The Morgan fingerprint density at radius 2 is 1.87 bits per heavy atom. The van der Waals surface area contributed by atoms with Gasteiger partial charge < -0.3 is 8.85 Å². The fourth-order valence-electron chi connectivity index (χ4n) is 1.16. The van der Waals surface area contributed by atoms with Gasteiger partial charge in [0.1, 0.15) is 0 Å². The highest BCUT2D eigenvalue weighted by Crippen LogP contribution is 2.21. The maximum Gasteiger partial charge on any atom is 0.391 e. The van der Waals surface area contributed by atoms with Gasteiger partial charge in [0.05, 0.1) is 6.42 Å². The van der Waals surface area contributed by atoms with Crippen LogP contribution in [0.2, 0.25) is 25.2 Å². The third-order valence-corrected chi connectivity index (χ3v) is 6.31. The smallest absolute Gasteiger partial charge is 0.391 e. The van der Waals surface area contributed by atoms with Crippen LogP contribution in [-0.2, 0) is 8.85 Å². The molecule has 0 atom stereocenters. The monoisotopic (exact) mass is 260 g/mol. The maximum atomic E-state index is 11.9. The standard InChI is InChI=1S/C8H19F3O2Si2/c1-12-14-6-7-15(2,3)13-5-4-8(9,10)11/h4-7,14H2,1-3H3. The first kappa shape index (κ1) is 15.1. The largest absolute Gasteiger partial charge is 0.427 e. The van der Waals surface area contributed by atoms with Gasteiger partial charge in [-0.1, -0.05) is 0 Å². The molecule has 0 aliphatic carbocycles. The van der Waals surface area contributed by atoms with Gasteiger partial charge in [0.25, 0.3) is 0 Å². The molecule has 0 spiro atoms. The average Bonchev–Trinajstić information content (AvgIpc) is 2.01. The number of halogens is 3. The Hall–Kier alpha value is 0.144. The fraction of sp³-hybridized carbons (Fsp3) is 1.00. The minimum absolute atomic E-state index is 0.197. The van der Waals surface area contributed by atoms with Crippen LogP contribution in [0.5, 0.6) is 0 Å². The van der Waals surface area contributed by atoms with Crippen LogP contribution >= 0.6 is 0 Å². The van der Waals surface area contributed by atoms with E-state index in [1.54, 1.807) is 7.11 Å². The van der Waals surface area contributed by atoms with Gasteiger partial charge >= 0.3 is 6.18 Å². The highest BCUT2D eigenvalue weighted by Gasteiger charge is 2.29. The summed E-state index contributed by atoms with van der Waals surface area (Å²) in [7, 11) is -0.690. The Bertz CT molecular complexity index is 174. The van der Waals surface area contributed by atoms with E-state index in [9.17, 15) is 13.2 Å². The van der Waals surface area contributed by atoms with E-state index in [0.29, 0.717) is 0 Å². The summed E-state index contributed by atoms with van der Waals surface area (Å²) in [5, 5.41) is 0. The molecule has 0 aromatic heterocycles. The Kier molecular flexibility index (Phi) is 6.73. The lowest BCUT2D eigenvalue weighted by molar-refractivity contribution is -0.140. The summed E-state index contributed by atoms with van der Waals surface area (Å²) in [4.78, 5) is 0. The highest BCUT2D eigenvalue weighted by atomic mass is 28.4. The lowest BCUT2D eigenvalue weighted by atomic mass is 10.5. The van der Waals surface area contributed by atoms with Crippen molar-refractivity contribution in [3.8, 4) is 0 Å². The van der Waals surface area contributed by atoms with Crippen molar-refractivity contribution in [3.05, 3.63) is 0 Å². The molecule has 0 fully saturated rings. The predicted octanol–water partition coefficient (Wildman–Crippen LogP) is 2.31. The molecule has 0 radical (unpaired) electrons. The van der Waals surface area contributed by atoms with Crippen LogP contribution < -0.4 is 0 Å². The second kappa shape index (κ2) is 6.67. The first-order chi connectivity index (χ1) is 6.77. The third-order valence-electron chi connectivity index (χ3n) is 2.01. The molecule has 0 unspecified atom stereocenters. The average molecular weight is 260 g/mol. The third kappa shape index (κ3) is 10.4. The second-order valence-corrected chi connectivity index (χ2v) is 10.1. The summed E-state index contributed by atoms with van der Waals surface area (Å²) in [6.45, 7) is 3.71. The number of hydrogen-bond donors (Lipinski definition) is 0. The molecule has 0 aromatic rings. The molecule has 0 aliphatic heterocycles. The van der Waals surface area contributed by atoms with E-state index in [1.807, 2.05) is 13.1 Å². The van der Waals surface area contributed by atoms with Crippen molar-refractivity contribution in [2.45, 2.75) is 37.8 Å². The minimum Gasteiger partial charge on any atom is -0.427 e. The van der Waals surface area contributed by atoms with Crippen molar-refractivity contribution in [1.29, 1.82) is 0 Å². The van der Waals surface area contributed by atoms with E-state index in [4.69, 9.17) is 8.85 Å². The van der Waals surface area contributed by atoms with E-state index in [0.717, 1.165) is 12.1 Å². The van der Waals surface area contributed by atoms with E-state index in [-0.39, 0.29) is 6.61 Å². The zero-order valence-corrected chi connectivity index (χ0v) is 11.9. The molecule has 0 amide bonds. The predicted molar refractivity (Wildman–Crippen MR) is 59.3 cm³/mol. The van der Waals surface area contributed by atoms with Crippen LogP contribution in [0.15, 0.2) is 0 Å². The number of alkyl halides is 3. The summed E-state index contributed by atoms with van der Waals surface area (Å²) in [6.07, 6.45) is -4.95. The van der Waals surface area contributed by atoms with Crippen LogP contribution in [0.3, 0.4) is 0 Å². The Balaban J connectivity index is 3.64. The second-order valence-electron chi connectivity index (χ2n) is 4.07. The summed E-state index contributed by atoms with van der Waals surface area (Å²) in [5.74, 6) is 0. The highest BCUT2D eigenvalue weighted by molar-refractivity contribution is 6.71. The Morgan fingerprint density at radius 3 is 2.33 bits per heavy atom. The van der Waals surface area contributed by atoms with Crippen molar-refractivity contribution in [2.24, 2.45) is 0 Å². The molecular formula is C8H19F3O2Si2. The maximum absolute atomic E-state index is 11.9. The van der Waals surface area contributed by atoms with Gasteiger partial charge in [-0.05, 0) is 25.2 Å². The molecule has 0 aliphatic rings. The minimum atomic E-state index is -4.11. The van der Waals surface area contributed by atoms with Gasteiger partial charge in [-0.15, -0.1) is 0 Å². The lowest BCUT2D eigenvalue weighted by Gasteiger charge is -2.22. The molecule has 92 valence electrons. The van der Waals surface area contributed by atoms with Gasteiger partial charge in [-0.2, -0.15) is 13.2 Å². The van der Waals surface area contributed by atoms with Crippen LogP contribution in [0.1, 0.15) is 6.42 Å². The molecule has 0 rings (SSSR count). The molecule has 15 heavy (non-hydrogen) atoms. The first-order valence-electron chi connectivity index (χ1n) is 4.96. The van der Waals surface area contributed by atoms with Crippen molar-refractivity contribution >= 4 is 18.1 Å². The number of hydrogen-bond acceptors (Lipinski definition) is 2. The lowest BCUT2D eigenvalue weighted by Crippen LogP contribution is -2.32. The van der Waals surface area contributed by atoms with Gasteiger partial charge in [0.15, 0.2) is 18.1 Å². The molecule has 7 heteroatoms. The normalized spacial score (nSPS) is 14.0. The fourth-order valence-corrected chi connectivity index (χ4v) is 6.23. The van der Waals surface area contributed by atoms with Crippen molar-refractivity contribution in [3.63, 3.8) is 0 Å². The molecule has 0 bridgehead atoms. The quantitative estimate of drug-likeness (QED) is 0.516. The van der Waals surface area contributed by atoms with E-state index in [2.05, 4.69) is 0 Å². The molecule has 0 heterocycles. The molecule has 0 saturated carbocycles. The van der Waals surface area contributed by atoms with Crippen molar-refractivity contribution in [2.75, 3.05) is 13.7 Å². The molecule has 0 N–H and O–H groups in total. The van der Waals surface area contributed by atoms with Crippen LogP contribution in [0.25, 0.3) is 0 Å². The SMILES string of the molecule is CO[SiH2]CC[Si](C)(C)OCCC(F)(F)F. The summed E-state index contributed by atoms with van der Waals surface area (Å²) >= 11 is 0. The van der Waals surface area contributed by atoms with Crippen LogP contribution in [-0.4, -0.2) is 38.0 Å². The van der Waals surface area contributed by atoms with E-state index < -0.39 is 30.7 Å². The molecule has 0 saturated heterocycles. The van der Waals surface area contributed by atoms with Crippen molar-refractivity contribution < 1.29 is 22.0 Å². The van der Waals surface area contributed by atoms with E-state index >= 15 is 0 Å². The van der Waals surface area contributed by atoms with Gasteiger partial charge in [0, 0.05) is 13.7 Å². The zero-order chi connectivity index (χ0) is 11.9. The topological polar surface area (TPSA) is 18.5 Å². The first-order valence-corrected chi connectivity index (χ1v) is 9.66. The van der Waals surface area contributed by atoms with Gasteiger partial charge in [0.2, 0.25) is 0 Å². The van der Waals surface area contributed by atoms with Gasteiger partial charge in [-0.25, -0.2) is 0 Å². The molecular weight excluding hydrogens is 241 g/mol. The van der Waals surface area contributed by atoms with E-state index in [1.165, 1.54) is 0 Å². The molecule has 0 aromatic carbocycles.